The molecule has 1 aromatic carbocycles. The van der Waals surface area contributed by atoms with Crippen molar-refractivity contribution in [2.75, 3.05) is 18.0 Å². The summed E-state index contributed by atoms with van der Waals surface area (Å²) in [5, 5.41) is 3.06. The highest BCUT2D eigenvalue weighted by Crippen LogP contribution is 2.38. The lowest BCUT2D eigenvalue weighted by atomic mass is 9.77. The van der Waals surface area contributed by atoms with Crippen LogP contribution in [0.15, 0.2) is 35.8 Å². The van der Waals surface area contributed by atoms with Crippen molar-refractivity contribution in [1.29, 1.82) is 0 Å². The molecule has 5 rings (SSSR count). The van der Waals surface area contributed by atoms with Gasteiger partial charge in [-0.05, 0) is 109 Å². The fourth-order valence-electron chi connectivity index (χ4n) is 5.57. The van der Waals surface area contributed by atoms with Gasteiger partial charge in [-0.1, -0.05) is 12.1 Å². The lowest BCUT2D eigenvalue weighted by Gasteiger charge is -2.39. The number of hydrogen-bond donors (Lipinski definition) is 0. The fourth-order valence-corrected chi connectivity index (χ4v) is 6.50. The number of carbonyl (C=O) groups excluding carboxylic acids is 2. The normalized spacial score (nSPS) is 20.2. The number of piperidine rings is 1. The van der Waals surface area contributed by atoms with Crippen molar-refractivity contribution >= 4 is 51.8 Å². The zero-order chi connectivity index (χ0) is 30.6. The van der Waals surface area contributed by atoms with Crippen molar-refractivity contribution in [3.05, 3.63) is 52.5 Å². The number of anilines is 1. The van der Waals surface area contributed by atoms with Crippen LogP contribution < -0.4 is 10.4 Å². The van der Waals surface area contributed by atoms with Crippen LogP contribution in [0.25, 0.3) is 10.1 Å². The predicted octanol–water partition coefficient (Wildman–Crippen LogP) is 6.26. The maximum absolute atomic E-state index is 14.6. The van der Waals surface area contributed by atoms with E-state index in [9.17, 15) is 9.59 Å². The topological polar surface area (TPSA) is 81.2 Å². The fraction of sp³-hybridized carbons (Fsp3) is 0.531. The molecular formula is C32H42BN3O5S. The van der Waals surface area contributed by atoms with Gasteiger partial charge in [0.2, 0.25) is 0 Å². The lowest BCUT2D eigenvalue weighted by Crippen LogP contribution is -2.53. The maximum atomic E-state index is 14.6. The highest BCUT2D eigenvalue weighted by molar-refractivity contribution is 7.17. The largest absolute Gasteiger partial charge is 0.494 e. The van der Waals surface area contributed by atoms with Crippen molar-refractivity contribution in [3.63, 3.8) is 0 Å². The molecule has 2 aromatic heterocycles. The zero-order valence-corrected chi connectivity index (χ0v) is 27.1. The van der Waals surface area contributed by atoms with Gasteiger partial charge in [0.15, 0.2) is 0 Å². The van der Waals surface area contributed by atoms with Gasteiger partial charge in [-0.3, -0.25) is 9.69 Å². The minimum Gasteiger partial charge on any atom is -0.444 e. The van der Waals surface area contributed by atoms with Gasteiger partial charge in [-0.25, -0.2) is 9.78 Å². The van der Waals surface area contributed by atoms with Crippen LogP contribution in [0.5, 0.6) is 0 Å². The molecule has 0 radical (unpaired) electrons. The number of ether oxygens (including phenoxy) is 1. The number of rotatable bonds is 4. The molecule has 2 saturated heterocycles. The molecule has 4 heterocycles. The Labute approximate surface area is 253 Å². The van der Waals surface area contributed by atoms with Crippen LogP contribution in [0.3, 0.4) is 0 Å². The third kappa shape index (κ3) is 5.81. The van der Waals surface area contributed by atoms with E-state index in [0.717, 1.165) is 39.5 Å². The minimum atomic E-state index is -0.601. The number of aromatic nitrogens is 1. The van der Waals surface area contributed by atoms with Gasteiger partial charge in [0.05, 0.1) is 17.2 Å². The molecule has 224 valence electrons. The molecule has 10 heteroatoms. The second-order valence-electron chi connectivity index (χ2n) is 13.5. The first-order valence-corrected chi connectivity index (χ1v) is 15.6. The number of likely N-dealkylation sites (tertiary alicyclic amines) is 1. The van der Waals surface area contributed by atoms with E-state index in [1.807, 2.05) is 91.5 Å². The molecule has 42 heavy (non-hydrogen) atoms. The molecule has 2 aliphatic rings. The maximum Gasteiger partial charge on any atom is 0.494 e. The molecule has 0 aliphatic carbocycles. The van der Waals surface area contributed by atoms with Crippen LogP contribution in [0.2, 0.25) is 0 Å². The summed E-state index contributed by atoms with van der Waals surface area (Å²) in [6, 6.07) is 7.47. The third-order valence-electron chi connectivity index (χ3n) is 8.52. The molecule has 3 aromatic rings. The molecule has 1 atom stereocenters. The first-order chi connectivity index (χ1) is 19.6. The van der Waals surface area contributed by atoms with E-state index in [-0.39, 0.29) is 18.0 Å². The molecule has 0 bridgehead atoms. The summed E-state index contributed by atoms with van der Waals surface area (Å²) in [6.45, 7) is 18.6. The predicted molar refractivity (Wildman–Crippen MR) is 169 cm³/mol. The average Bonchev–Trinajstić information content (AvgIpc) is 3.38. The SMILES string of the molecule is Cc1cc(B2OC(C)(C)C(C)(C)O2)ccc1C(=O)N(c1nccc2scc(C)c12)[C@@H]1CCCN(C(=O)OC(C)(C)C)C1. The Morgan fingerprint density at radius 2 is 1.79 bits per heavy atom. The Balaban J connectivity index is 1.51. The summed E-state index contributed by atoms with van der Waals surface area (Å²) in [5.74, 6) is 0.483. The van der Waals surface area contributed by atoms with Gasteiger partial charge >= 0.3 is 13.2 Å². The van der Waals surface area contributed by atoms with Gasteiger partial charge in [-0.2, -0.15) is 0 Å². The first kappa shape index (κ1) is 30.5. The summed E-state index contributed by atoms with van der Waals surface area (Å²) in [4.78, 5) is 35.9. The number of pyridine rings is 1. The van der Waals surface area contributed by atoms with Gasteiger partial charge < -0.3 is 18.9 Å². The van der Waals surface area contributed by atoms with Crippen molar-refractivity contribution in [2.45, 2.75) is 98.0 Å². The van der Waals surface area contributed by atoms with Crippen LogP contribution in [-0.4, -0.2) is 64.9 Å². The number of nitrogens with zero attached hydrogens (tertiary/aromatic N) is 3. The van der Waals surface area contributed by atoms with E-state index in [1.54, 1.807) is 22.4 Å². The van der Waals surface area contributed by atoms with E-state index in [0.29, 0.717) is 24.5 Å². The van der Waals surface area contributed by atoms with E-state index >= 15 is 0 Å². The van der Waals surface area contributed by atoms with Crippen LogP contribution in [0.4, 0.5) is 10.6 Å². The summed E-state index contributed by atoms with van der Waals surface area (Å²) in [6.07, 6.45) is 2.90. The van der Waals surface area contributed by atoms with Crippen LogP contribution in [0.1, 0.15) is 82.8 Å². The van der Waals surface area contributed by atoms with Gasteiger partial charge in [0.1, 0.15) is 11.4 Å². The number of amides is 2. The number of fused-ring (bicyclic) bond motifs is 1. The molecule has 8 nitrogen and oxygen atoms in total. The third-order valence-corrected chi connectivity index (χ3v) is 9.58. The van der Waals surface area contributed by atoms with E-state index in [1.165, 1.54) is 0 Å². The standard InChI is InChI=1S/C32H42BN3O5S/c1-20-17-22(33-40-31(6,7)32(8,9)41-33)12-13-24(20)28(37)36(27-26-21(2)19-42-25(26)14-15-34-27)23-11-10-16-35(18-23)29(38)39-30(3,4)5/h12-15,17,19,23H,10-11,16,18H2,1-9H3/t23-/m1/s1. The van der Waals surface area contributed by atoms with E-state index in [4.69, 9.17) is 19.0 Å². The van der Waals surface area contributed by atoms with Crippen molar-refractivity contribution in [2.24, 2.45) is 0 Å². The highest BCUT2D eigenvalue weighted by Gasteiger charge is 2.51. The monoisotopic (exact) mass is 591 g/mol. The summed E-state index contributed by atoms with van der Waals surface area (Å²) < 4.78 is 19.3. The molecule has 2 aliphatic heterocycles. The Kier molecular flexibility index (Phi) is 7.96. The average molecular weight is 592 g/mol. The summed E-state index contributed by atoms with van der Waals surface area (Å²) in [5.41, 5.74) is 1.83. The molecule has 2 fully saturated rings. The smallest absolute Gasteiger partial charge is 0.444 e. The first-order valence-electron chi connectivity index (χ1n) is 14.7. The van der Waals surface area contributed by atoms with E-state index < -0.39 is 23.9 Å². The molecule has 0 N–H and O–H groups in total. The molecular weight excluding hydrogens is 549 g/mol. The number of thiophene rings is 1. The molecule has 0 unspecified atom stereocenters. The van der Waals surface area contributed by atoms with Gasteiger partial charge in [0, 0.05) is 34.9 Å². The van der Waals surface area contributed by atoms with Crippen molar-refractivity contribution in [3.8, 4) is 0 Å². The zero-order valence-electron chi connectivity index (χ0n) is 26.2. The quantitative estimate of drug-likeness (QED) is 0.334. The number of hydrogen-bond acceptors (Lipinski definition) is 7. The van der Waals surface area contributed by atoms with E-state index in [2.05, 4.69) is 5.38 Å². The van der Waals surface area contributed by atoms with Gasteiger partial charge in [0.25, 0.3) is 5.91 Å². The van der Waals surface area contributed by atoms with Crippen LogP contribution in [0, 0.1) is 13.8 Å². The lowest BCUT2D eigenvalue weighted by molar-refractivity contribution is 0.00578. The molecule has 0 saturated carbocycles. The van der Waals surface area contributed by atoms with Crippen molar-refractivity contribution < 1.29 is 23.6 Å². The highest BCUT2D eigenvalue weighted by atomic mass is 32.1. The second kappa shape index (κ2) is 11.0. The van der Waals surface area contributed by atoms with Crippen LogP contribution >= 0.6 is 11.3 Å². The Morgan fingerprint density at radius 3 is 2.43 bits per heavy atom. The second-order valence-corrected chi connectivity index (χ2v) is 14.4. The number of carbonyl (C=O) groups is 2. The summed E-state index contributed by atoms with van der Waals surface area (Å²) >= 11 is 1.64. The van der Waals surface area contributed by atoms with Crippen LogP contribution in [-0.2, 0) is 14.0 Å². The Hall–Kier alpha value is -2.95. The summed E-state index contributed by atoms with van der Waals surface area (Å²) in [7, 11) is -0.515. The number of benzene rings is 1. The molecule has 2 amide bonds. The Bertz CT molecular complexity index is 1500. The number of aryl methyl sites for hydroxylation is 2. The van der Waals surface area contributed by atoms with Crippen molar-refractivity contribution in [1.82, 2.24) is 9.88 Å². The minimum absolute atomic E-state index is 0.144. The Morgan fingerprint density at radius 1 is 1.10 bits per heavy atom. The molecule has 0 spiro atoms. The van der Waals surface area contributed by atoms with Gasteiger partial charge in [-0.15, -0.1) is 11.3 Å².